The fraction of sp³-hybridized carbons (Fsp3) is 0.800. The highest BCUT2D eigenvalue weighted by atomic mass is 32.1. The smallest absolute Gasteiger partial charge is 0.0941 e. The summed E-state index contributed by atoms with van der Waals surface area (Å²) in [6.45, 7) is 2.40. The molecule has 3 atom stereocenters. The van der Waals surface area contributed by atoms with Crippen molar-refractivity contribution in [2.75, 3.05) is 21.1 Å². The summed E-state index contributed by atoms with van der Waals surface area (Å²) in [4.78, 5) is 6.92. The van der Waals surface area contributed by atoms with Crippen molar-refractivity contribution in [2.24, 2.45) is 5.92 Å². The molecule has 1 heterocycles. The van der Waals surface area contributed by atoms with Crippen molar-refractivity contribution >= 4 is 11.3 Å². The zero-order valence-corrected chi connectivity index (χ0v) is 13.5. The minimum Gasteiger partial charge on any atom is -0.315 e. The van der Waals surface area contributed by atoms with Gasteiger partial charge < -0.3 is 10.2 Å². The lowest BCUT2D eigenvalue weighted by Crippen LogP contribution is -2.61. The van der Waals surface area contributed by atoms with Crippen LogP contribution in [0.1, 0.15) is 37.6 Å². The van der Waals surface area contributed by atoms with Crippen molar-refractivity contribution < 1.29 is 0 Å². The highest BCUT2D eigenvalue weighted by Crippen LogP contribution is 2.39. The van der Waals surface area contributed by atoms with Gasteiger partial charge in [-0.05, 0) is 39.9 Å². The van der Waals surface area contributed by atoms with Gasteiger partial charge in [-0.15, -0.1) is 11.3 Å². The Bertz CT molecular complexity index is 377. The van der Waals surface area contributed by atoms with Crippen LogP contribution in [0.5, 0.6) is 0 Å². The number of hydrogen-bond donors (Lipinski definition) is 1. The normalized spacial score (nSPS) is 29.6. The standard InChI is InChI=1S/C15H27N3S/c1-12-6-5-7-15(11-12,18(3)4)13(16-2)10-14-17-8-9-19-14/h8-9,12-13,16H,5-7,10-11H2,1-4H3. The highest BCUT2D eigenvalue weighted by Gasteiger charge is 2.43. The Hall–Kier alpha value is -0.450. The van der Waals surface area contributed by atoms with Crippen LogP contribution in [-0.2, 0) is 6.42 Å². The van der Waals surface area contributed by atoms with E-state index in [9.17, 15) is 0 Å². The first-order valence-electron chi connectivity index (χ1n) is 7.31. The molecule has 0 spiro atoms. The van der Waals surface area contributed by atoms with Crippen LogP contribution >= 0.6 is 11.3 Å². The van der Waals surface area contributed by atoms with Crippen molar-refractivity contribution in [3.8, 4) is 0 Å². The average molecular weight is 281 g/mol. The molecule has 2 rings (SSSR count). The van der Waals surface area contributed by atoms with Gasteiger partial charge in [0.2, 0.25) is 0 Å². The number of nitrogens with one attached hydrogen (secondary N) is 1. The topological polar surface area (TPSA) is 28.2 Å². The van der Waals surface area contributed by atoms with Gasteiger partial charge in [-0.3, -0.25) is 0 Å². The van der Waals surface area contributed by atoms with Crippen LogP contribution in [0, 0.1) is 5.92 Å². The third kappa shape index (κ3) is 3.18. The van der Waals surface area contributed by atoms with E-state index in [4.69, 9.17) is 0 Å². The predicted octanol–water partition coefficient (Wildman–Crippen LogP) is 2.78. The Balaban J connectivity index is 2.20. The van der Waals surface area contributed by atoms with E-state index in [0.29, 0.717) is 6.04 Å². The number of nitrogens with zero attached hydrogens (tertiary/aromatic N) is 2. The van der Waals surface area contributed by atoms with Crippen molar-refractivity contribution in [3.05, 3.63) is 16.6 Å². The Kier molecular flexibility index (Phi) is 4.98. The van der Waals surface area contributed by atoms with Crippen LogP contribution in [-0.4, -0.2) is 42.6 Å². The Labute approximate surface area is 121 Å². The van der Waals surface area contributed by atoms with E-state index in [2.05, 4.69) is 48.6 Å². The number of likely N-dealkylation sites (N-methyl/N-ethyl adjacent to an activating group) is 2. The Morgan fingerprint density at radius 3 is 2.89 bits per heavy atom. The monoisotopic (exact) mass is 281 g/mol. The third-order valence-electron chi connectivity index (χ3n) is 4.76. The minimum absolute atomic E-state index is 0.276. The summed E-state index contributed by atoms with van der Waals surface area (Å²) >= 11 is 1.77. The minimum atomic E-state index is 0.276. The van der Waals surface area contributed by atoms with Crippen LogP contribution in [0.2, 0.25) is 0 Å². The highest BCUT2D eigenvalue weighted by molar-refractivity contribution is 7.09. The molecule has 1 fully saturated rings. The fourth-order valence-corrected chi connectivity index (χ4v) is 4.35. The predicted molar refractivity (Wildman–Crippen MR) is 82.7 cm³/mol. The lowest BCUT2D eigenvalue weighted by molar-refractivity contribution is 0.0399. The molecule has 1 aromatic heterocycles. The summed E-state index contributed by atoms with van der Waals surface area (Å²) in [5.41, 5.74) is 0.276. The zero-order valence-electron chi connectivity index (χ0n) is 12.6. The van der Waals surface area contributed by atoms with E-state index >= 15 is 0 Å². The largest absolute Gasteiger partial charge is 0.315 e. The quantitative estimate of drug-likeness (QED) is 0.899. The maximum Gasteiger partial charge on any atom is 0.0941 e. The molecule has 1 aliphatic rings. The summed E-state index contributed by atoms with van der Waals surface area (Å²) in [5.74, 6) is 0.822. The average Bonchev–Trinajstić information content (AvgIpc) is 2.88. The van der Waals surface area contributed by atoms with E-state index < -0.39 is 0 Å². The van der Waals surface area contributed by atoms with Gasteiger partial charge in [0, 0.05) is 29.6 Å². The third-order valence-corrected chi connectivity index (χ3v) is 5.56. The molecular weight excluding hydrogens is 254 g/mol. The molecule has 1 N–H and O–H groups in total. The molecule has 1 saturated carbocycles. The van der Waals surface area contributed by atoms with Gasteiger partial charge >= 0.3 is 0 Å². The molecule has 1 aliphatic carbocycles. The van der Waals surface area contributed by atoms with Gasteiger partial charge in [-0.25, -0.2) is 4.98 Å². The molecule has 0 aliphatic heterocycles. The first-order valence-corrected chi connectivity index (χ1v) is 8.19. The van der Waals surface area contributed by atoms with E-state index in [1.165, 1.54) is 30.7 Å². The molecule has 3 unspecified atom stereocenters. The number of aromatic nitrogens is 1. The van der Waals surface area contributed by atoms with E-state index in [0.717, 1.165) is 12.3 Å². The van der Waals surface area contributed by atoms with Gasteiger partial charge in [-0.1, -0.05) is 19.8 Å². The second kappa shape index (κ2) is 6.33. The molecule has 0 bridgehead atoms. The molecule has 19 heavy (non-hydrogen) atoms. The van der Waals surface area contributed by atoms with Gasteiger partial charge in [0.05, 0.1) is 5.01 Å². The molecule has 0 radical (unpaired) electrons. The first kappa shape index (κ1) is 14.9. The van der Waals surface area contributed by atoms with Gasteiger partial charge in [-0.2, -0.15) is 0 Å². The molecule has 4 heteroatoms. The summed E-state index contributed by atoms with van der Waals surface area (Å²) in [5, 5.41) is 6.90. The maximum atomic E-state index is 4.47. The zero-order chi connectivity index (χ0) is 13.9. The van der Waals surface area contributed by atoms with Crippen molar-refractivity contribution in [1.29, 1.82) is 0 Å². The molecule has 108 valence electrons. The molecular formula is C15H27N3S. The molecule has 0 saturated heterocycles. The van der Waals surface area contributed by atoms with Crippen molar-refractivity contribution in [3.63, 3.8) is 0 Å². The van der Waals surface area contributed by atoms with Gasteiger partial charge in [0.25, 0.3) is 0 Å². The molecule has 0 amide bonds. The number of hydrogen-bond acceptors (Lipinski definition) is 4. The van der Waals surface area contributed by atoms with Crippen LogP contribution in [0.3, 0.4) is 0 Å². The number of rotatable bonds is 5. The van der Waals surface area contributed by atoms with Gasteiger partial charge in [0.1, 0.15) is 0 Å². The second-order valence-electron chi connectivity index (χ2n) is 6.17. The maximum absolute atomic E-state index is 4.47. The Morgan fingerprint density at radius 2 is 2.37 bits per heavy atom. The van der Waals surface area contributed by atoms with Crippen molar-refractivity contribution in [1.82, 2.24) is 15.2 Å². The molecule has 3 nitrogen and oxygen atoms in total. The lowest BCUT2D eigenvalue weighted by Gasteiger charge is -2.50. The first-order chi connectivity index (χ1) is 9.08. The van der Waals surface area contributed by atoms with Crippen LogP contribution in [0.4, 0.5) is 0 Å². The SMILES string of the molecule is CNC(Cc1nccs1)C1(N(C)C)CCCC(C)C1. The fourth-order valence-electron chi connectivity index (χ4n) is 3.69. The molecule has 0 aromatic carbocycles. The summed E-state index contributed by atoms with van der Waals surface area (Å²) < 4.78 is 0. The van der Waals surface area contributed by atoms with E-state index in [1.54, 1.807) is 11.3 Å². The summed E-state index contributed by atoms with van der Waals surface area (Å²) in [7, 11) is 6.58. The van der Waals surface area contributed by atoms with E-state index in [-0.39, 0.29) is 5.54 Å². The lowest BCUT2D eigenvalue weighted by atomic mass is 9.70. The van der Waals surface area contributed by atoms with Gasteiger partial charge in [0.15, 0.2) is 0 Å². The van der Waals surface area contributed by atoms with Crippen molar-refractivity contribution in [2.45, 2.75) is 50.6 Å². The second-order valence-corrected chi connectivity index (χ2v) is 7.15. The number of thiazole rings is 1. The van der Waals surface area contributed by atoms with Crippen LogP contribution in [0.25, 0.3) is 0 Å². The summed E-state index contributed by atoms with van der Waals surface area (Å²) in [6, 6.07) is 0.483. The summed E-state index contributed by atoms with van der Waals surface area (Å²) in [6.07, 6.45) is 8.26. The molecule has 1 aromatic rings. The Morgan fingerprint density at radius 1 is 1.58 bits per heavy atom. The van der Waals surface area contributed by atoms with E-state index in [1.807, 2.05) is 6.20 Å². The van der Waals surface area contributed by atoms with Crippen LogP contribution < -0.4 is 5.32 Å². The van der Waals surface area contributed by atoms with Crippen LogP contribution in [0.15, 0.2) is 11.6 Å².